The van der Waals surface area contributed by atoms with E-state index in [4.69, 9.17) is 9.47 Å². The van der Waals surface area contributed by atoms with Crippen LogP contribution in [0.25, 0.3) is 0 Å². The van der Waals surface area contributed by atoms with Crippen LogP contribution < -0.4 is 4.74 Å². The summed E-state index contributed by atoms with van der Waals surface area (Å²) in [6, 6.07) is 14.3. The zero-order chi connectivity index (χ0) is 15.3. The molecule has 2 aromatic carbocycles. The number of benzene rings is 2. The molecule has 2 aromatic rings. The largest absolute Gasteiger partial charge is 0.497 e. The molecule has 0 fully saturated rings. The number of methoxy groups -OCH3 is 1. The van der Waals surface area contributed by atoms with Gasteiger partial charge in [0, 0.05) is 10.9 Å². The van der Waals surface area contributed by atoms with Crippen LogP contribution in [0, 0.1) is 5.82 Å². The average molecular weight is 353 g/mol. The monoisotopic (exact) mass is 352 g/mol. The summed E-state index contributed by atoms with van der Waals surface area (Å²) in [6.07, 6.45) is 0. The molecule has 0 heterocycles. The van der Waals surface area contributed by atoms with E-state index in [0.717, 1.165) is 11.3 Å². The molecule has 21 heavy (non-hydrogen) atoms. The van der Waals surface area contributed by atoms with Crippen molar-refractivity contribution in [2.24, 2.45) is 0 Å². The molecule has 1 atom stereocenters. The average Bonchev–Trinajstić information content (AvgIpc) is 2.53. The summed E-state index contributed by atoms with van der Waals surface area (Å²) in [7, 11) is 1.63. The molecule has 112 valence electrons. The first-order valence-electron chi connectivity index (χ1n) is 6.67. The fourth-order valence-corrected chi connectivity index (χ4v) is 2.55. The molecule has 0 aliphatic heterocycles. The fourth-order valence-electron chi connectivity index (χ4n) is 2.08. The van der Waals surface area contributed by atoms with Crippen LogP contribution in [0.5, 0.6) is 5.75 Å². The van der Waals surface area contributed by atoms with E-state index in [2.05, 4.69) is 15.9 Å². The number of alkyl halides is 1. The molecule has 1 unspecified atom stereocenters. The molecule has 0 N–H and O–H groups in total. The molecule has 2 nitrogen and oxygen atoms in total. The molecule has 0 aliphatic carbocycles. The van der Waals surface area contributed by atoms with Gasteiger partial charge in [-0.2, -0.15) is 0 Å². The van der Waals surface area contributed by atoms with E-state index in [1.807, 2.05) is 37.3 Å². The predicted molar refractivity (Wildman–Crippen MR) is 85.3 cm³/mol. The molecule has 4 heteroatoms. The topological polar surface area (TPSA) is 18.5 Å². The van der Waals surface area contributed by atoms with Crippen LogP contribution in [-0.4, -0.2) is 12.4 Å². The van der Waals surface area contributed by atoms with Crippen LogP contribution in [0.15, 0.2) is 48.5 Å². The van der Waals surface area contributed by atoms with Crippen molar-refractivity contribution in [2.75, 3.05) is 12.4 Å². The summed E-state index contributed by atoms with van der Waals surface area (Å²) >= 11 is 3.43. The van der Waals surface area contributed by atoms with Crippen molar-refractivity contribution in [3.63, 3.8) is 0 Å². The van der Waals surface area contributed by atoms with E-state index >= 15 is 0 Å². The summed E-state index contributed by atoms with van der Waals surface area (Å²) in [4.78, 5) is 0. The van der Waals surface area contributed by atoms with Crippen LogP contribution in [0.2, 0.25) is 0 Å². The second-order valence-corrected chi connectivity index (χ2v) is 5.55. The van der Waals surface area contributed by atoms with Crippen LogP contribution in [0.3, 0.4) is 0 Å². The molecular formula is C17H18BrFO2. The highest BCUT2D eigenvalue weighted by atomic mass is 79.9. The molecule has 0 spiro atoms. The van der Waals surface area contributed by atoms with E-state index in [-0.39, 0.29) is 5.82 Å². The SMILES string of the molecule is COc1cccc(COC(C)(CBr)c2ccccc2F)c1. The van der Waals surface area contributed by atoms with Gasteiger partial charge in [-0.3, -0.25) is 0 Å². The smallest absolute Gasteiger partial charge is 0.129 e. The van der Waals surface area contributed by atoms with Gasteiger partial charge in [-0.15, -0.1) is 0 Å². The molecule has 0 aromatic heterocycles. The van der Waals surface area contributed by atoms with Crippen molar-refractivity contribution in [2.45, 2.75) is 19.1 Å². The maximum absolute atomic E-state index is 14.0. The fraction of sp³-hybridized carbons (Fsp3) is 0.294. The third-order valence-electron chi connectivity index (χ3n) is 3.39. The van der Waals surface area contributed by atoms with Crippen molar-refractivity contribution in [1.29, 1.82) is 0 Å². The van der Waals surface area contributed by atoms with E-state index < -0.39 is 5.60 Å². The zero-order valence-electron chi connectivity index (χ0n) is 12.1. The maximum atomic E-state index is 14.0. The summed E-state index contributed by atoms with van der Waals surface area (Å²) in [6.45, 7) is 2.26. The Morgan fingerprint density at radius 3 is 2.57 bits per heavy atom. The van der Waals surface area contributed by atoms with Crippen molar-refractivity contribution < 1.29 is 13.9 Å². The van der Waals surface area contributed by atoms with Gasteiger partial charge in [-0.25, -0.2) is 4.39 Å². The summed E-state index contributed by atoms with van der Waals surface area (Å²) in [5.74, 6) is 0.521. The standard InChI is InChI=1S/C17H18BrFO2/c1-17(12-18,15-8-3-4-9-16(15)19)21-11-13-6-5-7-14(10-13)20-2/h3-10H,11-12H2,1-2H3. The Morgan fingerprint density at radius 1 is 1.14 bits per heavy atom. The quantitative estimate of drug-likeness (QED) is 0.703. The van der Waals surface area contributed by atoms with Crippen LogP contribution >= 0.6 is 15.9 Å². The van der Waals surface area contributed by atoms with Crippen molar-refractivity contribution in [3.8, 4) is 5.75 Å². The molecule has 2 rings (SSSR count). The van der Waals surface area contributed by atoms with Crippen LogP contribution in [-0.2, 0) is 16.9 Å². The van der Waals surface area contributed by atoms with Gasteiger partial charge in [0.1, 0.15) is 17.2 Å². The number of halogens is 2. The Balaban J connectivity index is 2.17. The van der Waals surface area contributed by atoms with Gasteiger partial charge in [-0.1, -0.05) is 46.3 Å². The predicted octanol–water partition coefficient (Wildman–Crippen LogP) is 4.66. The molecule has 0 saturated heterocycles. The second kappa shape index (κ2) is 7.05. The normalized spacial score (nSPS) is 13.7. The highest BCUT2D eigenvalue weighted by Gasteiger charge is 2.29. The number of hydrogen-bond donors (Lipinski definition) is 0. The summed E-state index contributed by atoms with van der Waals surface area (Å²) in [5, 5.41) is 0.505. The molecule has 0 saturated carbocycles. The highest BCUT2D eigenvalue weighted by Crippen LogP contribution is 2.31. The Hall–Kier alpha value is -1.39. The minimum atomic E-state index is -0.728. The van der Waals surface area contributed by atoms with Gasteiger partial charge >= 0.3 is 0 Å². The Kier molecular flexibility index (Phi) is 5.37. The van der Waals surface area contributed by atoms with Gasteiger partial charge in [0.15, 0.2) is 0 Å². The highest BCUT2D eigenvalue weighted by molar-refractivity contribution is 9.09. The van der Waals surface area contributed by atoms with Crippen molar-refractivity contribution in [1.82, 2.24) is 0 Å². The lowest BCUT2D eigenvalue weighted by molar-refractivity contribution is -0.0312. The van der Waals surface area contributed by atoms with E-state index in [9.17, 15) is 4.39 Å². The molecule has 0 amide bonds. The van der Waals surface area contributed by atoms with Crippen molar-refractivity contribution >= 4 is 15.9 Å². The summed E-state index contributed by atoms with van der Waals surface area (Å²) in [5.41, 5.74) is 0.802. The lowest BCUT2D eigenvalue weighted by Crippen LogP contribution is -2.29. The van der Waals surface area contributed by atoms with Crippen LogP contribution in [0.4, 0.5) is 4.39 Å². The molecule has 0 bridgehead atoms. The lowest BCUT2D eigenvalue weighted by Gasteiger charge is -2.29. The third kappa shape index (κ3) is 3.83. The van der Waals surface area contributed by atoms with E-state index in [1.54, 1.807) is 19.2 Å². The first-order valence-corrected chi connectivity index (χ1v) is 7.79. The van der Waals surface area contributed by atoms with Gasteiger partial charge in [0.25, 0.3) is 0 Å². The first kappa shape index (κ1) is 16.0. The van der Waals surface area contributed by atoms with Gasteiger partial charge in [0.2, 0.25) is 0 Å². The number of rotatable bonds is 6. The first-order chi connectivity index (χ1) is 10.1. The minimum Gasteiger partial charge on any atom is -0.497 e. The minimum absolute atomic E-state index is 0.259. The molecule has 0 radical (unpaired) electrons. The Bertz CT molecular complexity index is 603. The Labute approximate surface area is 133 Å². The van der Waals surface area contributed by atoms with E-state index in [0.29, 0.717) is 17.5 Å². The number of hydrogen-bond acceptors (Lipinski definition) is 2. The maximum Gasteiger partial charge on any atom is 0.129 e. The zero-order valence-corrected chi connectivity index (χ0v) is 13.7. The third-order valence-corrected chi connectivity index (χ3v) is 4.46. The molecular weight excluding hydrogens is 335 g/mol. The Morgan fingerprint density at radius 2 is 1.90 bits per heavy atom. The second-order valence-electron chi connectivity index (χ2n) is 4.98. The summed E-state index contributed by atoms with van der Waals surface area (Å²) < 4.78 is 25.2. The van der Waals surface area contributed by atoms with Gasteiger partial charge in [-0.05, 0) is 30.7 Å². The van der Waals surface area contributed by atoms with Crippen LogP contribution in [0.1, 0.15) is 18.1 Å². The van der Waals surface area contributed by atoms with Gasteiger partial charge in [0.05, 0.1) is 13.7 Å². The lowest BCUT2D eigenvalue weighted by atomic mass is 9.97. The van der Waals surface area contributed by atoms with Crippen molar-refractivity contribution in [3.05, 3.63) is 65.5 Å². The van der Waals surface area contributed by atoms with Gasteiger partial charge < -0.3 is 9.47 Å². The number of ether oxygens (including phenoxy) is 2. The van der Waals surface area contributed by atoms with E-state index in [1.165, 1.54) is 6.07 Å². The molecule has 0 aliphatic rings.